The van der Waals surface area contributed by atoms with Crippen LogP contribution in [0.2, 0.25) is 0 Å². The van der Waals surface area contributed by atoms with Crippen LogP contribution in [-0.4, -0.2) is 13.1 Å². The second-order valence-corrected chi connectivity index (χ2v) is 4.84. The van der Waals surface area contributed by atoms with Crippen molar-refractivity contribution in [1.29, 1.82) is 5.26 Å². The Balaban J connectivity index is 2.12. The second-order valence-electron chi connectivity index (χ2n) is 4.84. The van der Waals surface area contributed by atoms with Crippen molar-refractivity contribution in [1.82, 2.24) is 0 Å². The molecule has 0 aliphatic carbocycles. The fourth-order valence-corrected chi connectivity index (χ4v) is 2.43. The molecule has 0 saturated carbocycles. The van der Waals surface area contributed by atoms with Gasteiger partial charge in [0.2, 0.25) is 0 Å². The molecule has 2 nitrogen and oxygen atoms in total. The molecule has 0 aromatic heterocycles. The number of hydrogen-bond acceptors (Lipinski definition) is 2. The Labute approximate surface area is 102 Å². The van der Waals surface area contributed by atoms with Crippen LogP contribution in [0.1, 0.15) is 32.3 Å². The van der Waals surface area contributed by atoms with Gasteiger partial charge >= 0.3 is 0 Å². The zero-order chi connectivity index (χ0) is 12.5. The van der Waals surface area contributed by atoms with Crippen LogP contribution >= 0.6 is 0 Å². The summed E-state index contributed by atoms with van der Waals surface area (Å²) in [6.07, 6.45) is 2.33. The lowest BCUT2D eigenvalue weighted by Gasteiger charge is -2.51. The zero-order valence-corrected chi connectivity index (χ0v) is 10.3. The molecule has 1 fully saturated rings. The van der Waals surface area contributed by atoms with Crippen LogP contribution in [0.5, 0.6) is 0 Å². The number of halogens is 1. The highest BCUT2D eigenvalue weighted by atomic mass is 19.1. The van der Waals surface area contributed by atoms with Crippen molar-refractivity contribution in [2.24, 2.45) is 5.41 Å². The Hall–Kier alpha value is -1.56. The Morgan fingerprint density at radius 2 is 2.00 bits per heavy atom. The number of benzene rings is 1. The van der Waals surface area contributed by atoms with Crippen molar-refractivity contribution >= 4 is 5.69 Å². The standard InChI is InChI=1S/C14H17FN2/c1-3-14(4-2)9-17(10-14)12-6-5-11(8-16)13(15)7-12/h5-7H,3-4,9-10H2,1-2H3. The van der Waals surface area contributed by atoms with E-state index in [9.17, 15) is 4.39 Å². The molecule has 0 atom stereocenters. The second kappa shape index (κ2) is 4.37. The average Bonchev–Trinajstić information content (AvgIpc) is 2.29. The molecule has 3 heteroatoms. The summed E-state index contributed by atoms with van der Waals surface area (Å²) in [4.78, 5) is 2.18. The summed E-state index contributed by atoms with van der Waals surface area (Å²) in [5, 5.41) is 8.67. The number of anilines is 1. The summed E-state index contributed by atoms with van der Waals surface area (Å²) < 4.78 is 13.5. The molecule has 0 unspecified atom stereocenters. The van der Waals surface area contributed by atoms with E-state index >= 15 is 0 Å². The van der Waals surface area contributed by atoms with Crippen molar-refractivity contribution < 1.29 is 4.39 Å². The lowest BCUT2D eigenvalue weighted by Crippen LogP contribution is -2.55. The van der Waals surface area contributed by atoms with Gasteiger partial charge in [-0.3, -0.25) is 0 Å². The molecular formula is C14H17FN2. The van der Waals surface area contributed by atoms with Gasteiger partial charge in [0.1, 0.15) is 11.9 Å². The minimum atomic E-state index is -0.421. The van der Waals surface area contributed by atoms with Gasteiger partial charge in [0.25, 0.3) is 0 Å². The van der Waals surface area contributed by atoms with Crippen molar-refractivity contribution in [2.45, 2.75) is 26.7 Å². The van der Waals surface area contributed by atoms with E-state index in [1.54, 1.807) is 6.07 Å². The van der Waals surface area contributed by atoms with Crippen LogP contribution in [-0.2, 0) is 0 Å². The fourth-order valence-electron chi connectivity index (χ4n) is 2.43. The molecule has 1 heterocycles. The maximum atomic E-state index is 13.5. The first-order valence-corrected chi connectivity index (χ1v) is 6.09. The minimum absolute atomic E-state index is 0.117. The van der Waals surface area contributed by atoms with Crippen molar-refractivity contribution in [2.75, 3.05) is 18.0 Å². The van der Waals surface area contributed by atoms with E-state index in [2.05, 4.69) is 18.7 Å². The van der Waals surface area contributed by atoms with E-state index < -0.39 is 5.82 Å². The quantitative estimate of drug-likeness (QED) is 0.799. The lowest BCUT2D eigenvalue weighted by atomic mass is 9.75. The van der Waals surface area contributed by atoms with Crippen molar-refractivity contribution in [3.63, 3.8) is 0 Å². The van der Waals surface area contributed by atoms with E-state index in [0.29, 0.717) is 5.41 Å². The molecule has 1 saturated heterocycles. The molecule has 0 N–H and O–H groups in total. The third-order valence-electron chi connectivity index (χ3n) is 3.99. The van der Waals surface area contributed by atoms with Crippen LogP contribution in [0.25, 0.3) is 0 Å². The van der Waals surface area contributed by atoms with Gasteiger partial charge in [0.05, 0.1) is 5.56 Å². The van der Waals surface area contributed by atoms with Crippen molar-refractivity contribution in [3.05, 3.63) is 29.6 Å². The first kappa shape index (κ1) is 11.9. The van der Waals surface area contributed by atoms with Crippen molar-refractivity contribution in [3.8, 4) is 6.07 Å². The molecule has 2 rings (SSSR count). The summed E-state index contributed by atoms with van der Waals surface area (Å²) in [6, 6.07) is 6.70. The summed E-state index contributed by atoms with van der Waals surface area (Å²) in [6.45, 7) is 6.40. The molecule has 1 aromatic rings. The zero-order valence-electron chi connectivity index (χ0n) is 10.3. The van der Waals surface area contributed by atoms with Gasteiger partial charge in [-0.15, -0.1) is 0 Å². The largest absolute Gasteiger partial charge is 0.370 e. The summed E-state index contributed by atoms with van der Waals surface area (Å²) in [5.41, 5.74) is 1.41. The van der Waals surface area contributed by atoms with E-state index in [0.717, 1.165) is 18.8 Å². The van der Waals surface area contributed by atoms with Crippen LogP contribution < -0.4 is 4.90 Å². The molecular weight excluding hydrogens is 215 g/mol. The van der Waals surface area contributed by atoms with Crippen LogP contribution in [0.4, 0.5) is 10.1 Å². The van der Waals surface area contributed by atoms with Crippen LogP contribution in [0.15, 0.2) is 18.2 Å². The van der Waals surface area contributed by atoms with Gasteiger partial charge in [-0.25, -0.2) is 4.39 Å². The third-order valence-corrected chi connectivity index (χ3v) is 3.99. The lowest BCUT2D eigenvalue weighted by molar-refractivity contribution is 0.194. The summed E-state index contributed by atoms with van der Waals surface area (Å²) >= 11 is 0. The molecule has 17 heavy (non-hydrogen) atoms. The van der Waals surface area contributed by atoms with Gasteiger partial charge in [0, 0.05) is 24.2 Å². The van der Waals surface area contributed by atoms with Gasteiger partial charge in [-0.2, -0.15) is 5.26 Å². The van der Waals surface area contributed by atoms with E-state index in [4.69, 9.17) is 5.26 Å². The van der Waals surface area contributed by atoms with Gasteiger partial charge in [-0.1, -0.05) is 13.8 Å². The summed E-state index contributed by atoms with van der Waals surface area (Å²) in [7, 11) is 0. The average molecular weight is 232 g/mol. The molecule has 90 valence electrons. The Morgan fingerprint density at radius 1 is 1.35 bits per heavy atom. The molecule has 1 aliphatic rings. The van der Waals surface area contributed by atoms with Gasteiger partial charge in [-0.05, 0) is 31.0 Å². The predicted molar refractivity (Wildman–Crippen MR) is 66.3 cm³/mol. The molecule has 1 aromatic carbocycles. The minimum Gasteiger partial charge on any atom is -0.370 e. The number of hydrogen-bond donors (Lipinski definition) is 0. The molecule has 0 bridgehead atoms. The van der Waals surface area contributed by atoms with Gasteiger partial charge < -0.3 is 4.90 Å². The highest BCUT2D eigenvalue weighted by Crippen LogP contribution is 2.39. The monoisotopic (exact) mass is 232 g/mol. The predicted octanol–water partition coefficient (Wildman–Crippen LogP) is 3.32. The number of nitriles is 1. The normalized spacial score (nSPS) is 17.4. The molecule has 0 radical (unpaired) electrons. The first-order valence-electron chi connectivity index (χ1n) is 6.09. The fraction of sp³-hybridized carbons (Fsp3) is 0.500. The SMILES string of the molecule is CCC1(CC)CN(c2ccc(C#N)c(F)c2)C1. The highest BCUT2D eigenvalue weighted by molar-refractivity contribution is 5.53. The first-order chi connectivity index (χ1) is 8.14. The molecule has 1 aliphatic heterocycles. The Kier molecular flexibility index (Phi) is 3.06. The molecule has 0 amide bonds. The maximum Gasteiger partial charge on any atom is 0.143 e. The number of nitrogens with zero attached hydrogens (tertiary/aromatic N) is 2. The van der Waals surface area contributed by atoms with Crippen LogP contribution in [0.3, 0.4) is 0 Å². The third kappa shape index (κ3) is 2.00. The summed E-state index contributed by atoms with van der Waals surface area (Å²) in [5.74, 6) is -0.421. The smallest absolute Gasteiger partial charge is 0.143 e. The number of rotatable bonds is 3. The maximum absolute atomic E-state index is 13.5. The highest BCUT2D eigenvalue weighted by Gasteiger charge is 2.39. The molecule has 0 spiro atoms. The van der Waals surface area contributed by atoms with E-state index in [1.807, 2.05) is 12.1 Å². The van der Waals surface area contributed by atoms with Gasteiger partial charge in [0.15, 0.2) is 0 Å². The van der Waals surface area contributed by atoms with E-state index in [1.165, 1.54) is 18.9 Å². The Bertz CT molecular complexity index is 450. The topological polar surface area (TPSA) is 27.0 Å². The van der Waals surface area contributed by atoms with Crippen LogP contribution in [0, 0.1) is 22.6 Å². The Morgan fingerprint density at radius 3 is 2.47 bits per heavy atom. The van der Waals surface area contributed by atoms with E-state index in [-0.39, 0.29) is 5.56 Å².